The normalized spacial score (nSPS) is 43.2. The molecule has 0 aromatic rings. The maximum Gasteiger partial charge on any atom is 0.0306 e. The summed E-state index contributed by atoms with van der Waals surface area (Å²) in [6.45, 7) is 4.44. The van der Waals surface area contributed by atoms with E-state index in [1.165, 1.54) is 12.8 Å². The monoisotopic (exact) mass is 142 g/mol. The first-order valence-corrected chi connectivity index (χ1v) is 3.98. The van der Waals surface area contributed by atoms with Crippen molar-refractivity contribution in [1.29, 1.82) is 0 Å². The van der Waals surface area contributed by atoms with E-state index in [1.54, 1.807) is 0 Å². The topological polar surface area (TPSA) is 0 Å². The van der Waals surface area contributed by atoms with E-state index in [9.17, 15) is 0 Å². The summed E-state index contributed by atoms with van der Waals surface area (Å²) in [5.41, 5.74) is 0. The lowest BCUT2D eigenvalue weighted by Gasteiger charge is -2.30. The summed E-state index contributed by atoms with van der Waals surface area (Å²) in [6.07, 6.45) is 6.96. The average molecular weight is 142 g/mol. The van der Waals surface area contributed by atoms with Crippen LogP contribution in [0.1, 0.15) is 26.7 Å². The van der Waals surface area contributed by atoms with Crippen LogP contribution in [-0.2, 0) is 0 Å². The zero-order valence-corrected chi connectivity index (χ0v) is 6.99. The molecule has 1 aliphatic carbocycles. The minimum absolute atomic E-state index is 0.151. The molecule has 0 aliphatic heterocycles. The van der Waals surface area contributed by atoms with Crippen molar-refractivity contribution >= 4 is 12.6 Å². The van der Waals surface area contributed by atoms with E-state index in [1.807, 2.05) is 0 Å². The molecule has 0 nitrogen and oxygen atoms in total. The Balaban J connectivity index is 2.68. The van der Waals surface area contributed by atoms with E-state index in [4.69, 9.17) is 0 Å². The van der Waals surface area contributed by atoms with Gasteiger partial charge in [0.15, 0.2) is 0 Å². The predicted octanol–water partition coefficient (Wildman–Crippen LogP) is 2.66. The van der Waals surface area contributed by atoms with E-state index in [0.717, 1.165) is 5.92 Å². The lowest BCUT2D eigenvalue weighted by molar-refractivity contribution is 0.450. The van der Waals surface area contributed by atoms with Crippen LogP contribution >= 0.6 is 12.6 Å². The van der Waals surface area contributed by atoms with E-state index >= 15 is 0 Å². The van der Waals surface area contributed by atoms with Crippen molar-refractivity contribution in [3.63, 3.8) is 0 Å². The van der Waals surface area contributed by atoms with Crippen molar-refractivity contribution in [2.75, 3.05) is 0 Å². The Kier molecular flexibility index (Phi) is 1.90. The van der Waals surface area contributed by atoms with Gasteiger partial charge in [-0.15, -0.1) is 0 Å². The van der Waals surface area contributed by atoms with Crippen LogP contribution in [0.2, 0.25) is 0 Å². The summed E-state index contributed by atoms with van der Waals surface area (Å²) in [4.78, 5) is 0. The molecule has 1 aliphatic rings. The van der Waals surface area contributed by atoms with Crippen molar-refractivity contribution in [2.45, 2.75) is 31.4 Å². The van der Waals surface area contributed by atoms with Gasteiger partial charge in [0.1, 0.15) is 0 Å². The van der Waals surface area contributed by atoms with E-state index in [-0.39, 0.29) is 4.75 Å². The second-order valence-corrected chi connectivity index (χ2v) is 4.07. The molecule has 52 valence electrons. The number of hydrogen-bond donors (Lipinski definition) is 1. The summed E-state index contributed by atoms with van der Waals surface area (Å²) in [7, 11) is 0. The van der Waals surface area contributed by atoms with Crippen LogP contribution < -0.4 is 0 Å². The van der Waals surface area contributed by atoms with E-state index < -0.39 is 0 Å². The quantitative estimate of drug-likeness (QED) is 0.390. The minimum atomic E-state index is 0.151. The lowest BCUT2D eigenvalue weighted by atomic mass is 9.86. The van der Waals surface area contributed by atoms with Gasteiger partial charge >= 0.3 is 0 Å². The molecule has 0 fully saturated rings. The Morgan fingerprint density at radius 2 is 2.33 bits per heavy atom. The molecule has 0 saturated carbocycles. The van der Waals surface area contributed by atoms with Gasteiger partial charge in [0.25, 0.3) is 0 Å². The fraction of sp³-hybridized carbons (Fsp3) is 0.750. The van der Waals surface area contributed by atoms with Crippen LogP contribution in [0.5, 0.6) is 0 Å². The van der Waals surface area contributed by atoms with Crippen molar-refractivity contribution in [2.24, 2.45) is 5.92 Å². The first kappa shape index (κ1) is 7.20. The maximum atomic E-state index is 4.53. The SMILES string of the molecule is CC1CCC=CC1(C)S. The van der Waals surface area contributed by atoms with Crippen LogP contribution in [0.4, 0.5) is 0 Å². The third-order valence-corrected chi connectivity index (χ3v) is 2.81. The highest BCUT2D eigenvalue weighted by atomic mass is 32.1. The molecule has 0 aromatic carbocycles. The van der Waals surface area contributed by atoms with Crippen molar-refractivity contribution in [1.82, 2.24) is 0 Å². The summed E-state index contributed by atoms with van der Waals surface area (Å²) < 4.78 is 0.151. The summed E-state index contributed by atoms with van der Waals surface area (Å²) in [5.74, 6) is 0.728. The van der Waals surface area contributed by atoms with Crippen molar-refractivity contribution in [3.05, 3.63) is 12.2 Å². The maximum absolute atomic E-state index is 4.53. The Morgan fingerprint density at radius 3 is 2.67 bits per heavy atom. The second-order valence-electron chi connectivity index (χ2n) is 3.11. The summed E-state index contributed by atoms with van der Waals surface area (Å²) in [6, 6.07) is 0. The van der Waals surface area contributed by atoms with E-state index in [0.29, 0.717) is 0 Å². The molecular weight excluding hydrogens is 128 g/mol. The predicted molar refractivity (Wildman–Crippen MR) is 44.9 cm³/mol. The van der Waals surface area contributed by atoms with Crippen molar-refractivity contribution in [3.8, 4) is 0 Å². The standard InChI is InChI=1S/C8H14S/c1-7-5-3-4-6-8(7,2)9/h4,6-7,9H,3,5H2,1-2H3. The Morgan fingerprint density at radius 1 is 1.67 bits per heavy atom. The van der Waals surface area contributed by atoms with Gasteiger partial charge in [0.2, 0.25) is 0 Å². The first-order valence-electron chi connectivity index (χ1n) is 3.53. The highest BCUT2D eigenvalue weighted by Crippen LogP contribution is 2.32. The molecule has 0 heterocycles. The van der Waals surface area contributed by atoms with Crippen LogP contribution in [0.25, 0.3) is 0 Å². The van der Waals surface area contributed by atoms with Gasteiger partial charge < -0.3 is 0 Å². The minimum Gasteiger partial charge on any atom is -0.168 e. The zero-order valence-electron chi connectivity index (χ0n) is 6.09. The average Bonchev–Trinajstić information content (AvgIpc) is 1.77. The lowest BCUT2D eigenvalue weighted by Crippen LogP contribution is -2.25. The fourth-order valence-electron chi connectivity index (χ4n) is 1.12. The Labute approximate surface area is 62.8 Å². The number of thiol groups is 1. The smallest absolute Gasteiger partial charge is 0.0306 e. The zero-order chi connectivity index (χ0) is 6.91. The molecular formula is C8H14S. The largest absolute Gasteiger partial charge is 0.168 e. The number of hydrogen-bond acceptors (Lipinski definition) is 1. The van der Waals surface area contributed by atoms with Crippen LogP contribution in [0.15, 0.2) is 12.2 Å². The molecule has 1 rings (SSSR count). The molecule has 0 saturated heterocycles. The van der Waals surface area contributed by atoms with Crippen LogP contribution in [0.3, 0.4) is 0 Å². The third kappa shape index (κ3) is 1.51. The van der Waals surface area contributed by atoms with Crippen LogP contribution in [-0.4, -0.2) is 4.75 Å². The molecule has 0 bridgehead atoms. The van der Waals surface area contributed by atoms with E-state index in [2.05, 4.69) is 38.6 Å². The molecule has 0 N–H and O–H groups in total. The fourth-order valence-corrected chi connectivity index (χ4v) is 1.36. The van der Waals surface area contributed by atoms with Crippen LogP contribution in [0, 0.1) is 5.92 Å². The van der Waals surface area contributed by atoms with Gasteiger partial charge in [-0.3, -0.25) is 0 Å². The van der Waals surface area contributed by atoms with Gasteiger partial charge in [-0.05, 0) is 25.7 Å². The third-order valence-electron chi connectivity index (χ3n) is 2.22. The molecule has 0 spiro atoms. The van der Waals surface area contributed by atoms with Gasteiger partial charge in [-0.2, -0.15) is 12.6 Å². The summed E-state index contributed by atoms with van der Waals surface area (Å²) in [5, 5.41) is 0. The Hall–Kier alpha value is 0.0900. The highest BCUT2D eigenvalue weighted by Gasteiger charge is 2.25. The van der Waals surface area contributed by atoms with Gasteiger partial charge in [-0.25, -0.2) is 0 Å². The molecule has 2 unspecified atom stereocenters. The molecule has 0 amide bonds. The van der Waals surface area contributed by atoms with Gasteiger partial charge in [0.05, 0.1) is 0 Å². The molecule has 2 atom stereocenters. The molecule has 0 aromatic heterocycles. The Bertz CT molecular complexity index is 125. The number of allylic oxidation sites excluding steroid dienone is 1. The molecule has 9 heavy (non-hydrogen) atoms. The second kappa shape index (κ2) is 2.37. The summed E-state index contributed by atoms with van der Waals surface area (Å²) >= 11 is 4.53. The van der Waals surface area contributed by atoms with Gasteiger partial charge in [-0.1, -0.05) is 19.1 Å². The molecule has 1 heteroatoms. The number of rotatable bonds is 0. The van der Waals surface area contributed by atoms with Gasteiger partial charge in [0, 0.05) is 4.75 Å². The first-order chi connectivity index (χ1) is 4.13. The highest BCUT2D eigenvalue weighted by molar-refractivity contribution is 7.82. The molecule has 0 radical (unpaired) electrons. The van der Waals surface area contributed by atoms with Crippen molar-refractivity contribution < 1.29 is 0 Å².